The number of phenolic OH excluding ortho intramolecular Hbond substituents is 2. The number of phenols is 2. The van der Waals surface area contributed by atoms with E-state index in [1.807, 2.05) is 72.8 Å². The summed E-state index contributed by atoms with van der Waals surface area (Å²) >= 11 is 0. The lowest BCUT2D eigenvalue weighted by molar-refractivity contribution is 0.0651. The Balaban J connectivity index is 1.75. The predicted octanol–water partition coefficient (Wildman–Crippen LogP) is 8.58. The third kappa shape index (κ3) is 5.49. The summed E-state index contributed by atoms with van der Waals surface area (Å²) in [6.07, 6.45) is 3.70. The molecule has 1 unspecified atom stereocenters. The lowest BCUT2D eigenvalue weighted by Crippen LogP contribution is -2.25. The van der Waals surface area contributed by atoms with E-state index in [9.17, 15) is 34.8 Å². The van der Waals surface area contributed by atoms with Crippen molar-refractivity contribution in [1.82, 2.24) is 0 Å². The van der Waals surface area contributed by atoms with Crippen molar-refractivity contribution in [3.8, 4) is 33.8 Å². The van der Waals surface area contributed by atoms with E-state index in [0.717, 1.165) is 48.9 Å². The van der Waals surface area contributed by atoms with Crippen LogP contribution in [0.1, 0.15) is 87.3 Å². The van der Waals surface area contributed by atoms with E-state index < -0.39 is 28.8 Å². The van der Waals surface area contributed by atoms with Crippen molar-refractivity contribution in [2.24, 2.45) is 10.9 Å². The van der Waals surface area contributed by atoms with Crippen LogP contribution in [0.15, 0.2) is 89.9 Å². The van der Waals surface area contributed by atoms with Gasteiger partial charge in [0.05, 0.1) is 28.0 Å². The Labute approximate surface area is 277 Å². The van der Waals surface area contributed by atoms with Gasteiger partial charge < -0.3 is 20.4 Å². The molecule has 0 radical (unpaired) electrons. The second kappa shape index (κ2) is 13.2. The molecule has 48 heavy (non-hydrogen) atoms. The van der Waals surface area contributed by atoms with Gasteiger partial charge in [-0.3, -0.25) is 9.79 Å². The number of unbranched alkanes of at least 4 members (excludes halogenated alkanes) is 1. The van der Waals surface area contributed by atoms with Crippen molar-refractivity contribution in [2.45, 2.75) is 39.5 Å². The lowest BCUT2D eigenvalue weighted by Gasteiger charge is -2.27. The highest BCUT2D eigenvalue weighted by Gasteiger charge is 2.38. The molecule has 0 aliphatic heterocycles. The van der Waals surface area contributed by atoms with E-state index in [1.165, 1.54) is 0 Å². The molecule has 0 saturated heterocycles. The summed E-state index contributed by atoms with van der Waals surface area (Å²) < 4.78 is 0. The fraction of sp³-hybridized carbons (Fsp3) is 0.200. The molecule has 4 N–H and O–H groups in total. The average Bonchev–Trinajstić information content (AvgIpc) is 3.10. The summed E-state index contributed by atoms with van der Waals surface area (Å²) in [6.45, 7) is 4.48. The van der Waals surface area contributed by atoms with Gasteiger partial charge in [-0.2, -0.15) is 0 Å². The van der Waals surface area contributed by atoms with Crippen LogP contribution in [0.25, 0.3) is 33.0 Å². The van der Waals surface area contributed by atoms with Crippen molar-refractivity contribution in [1.29, 1.82) is 0 Å². The van der Waals surface area contributed by atoms with Crippen molar-refractivity contribution in [3.05, 3.63) is 118 Å². The number of carbonyl (C=O) groups is 3. The number of benzene rings is 5. The van der Waals surface area contributed by atoms with E-state index in [0.29, 0.717) is 23.1 Å². The number of aromatic carboxylic acids is 2. The molecule has 1 aliphatic rings. The van der Waals surface area contributed by atoms with E-state index in [1.54, 1.807) is 0 Å². The van der Waals surface area contributed by atoms with Gasteiger partial charge in [-0.15, -0.1) is 0 Å². The second-order valence-corrected chi connectivity index (χ2v) is 12.1. The number of aliphatic imine (C=N–C) groups is 1. The fourth-order valence-electron chi connectivity index (χ4n) is 6.66. The lowest BCUT2D eigenvalue weighted by atomic mass is 9.77. The molecule has 0 spiro atoms. The Hall–Kier alpha value is -5.76. The number of ketones is 1. The van der Waals surface area contributed by atoms with Crippen LogP contribution in [0.3, 0.4) is 0 Å². The third-order valence-corrected chi connectivity index (χ3v) is 9.21. The van der Waals surface area contributed by atoms with Crippen molar-refractivity contribution >= 4 is 34.2 Å². The smallest absolute Gasteiger partial charge is 0.336 e. The van der Waals surface area contributed by atoms with E-state index in [2.05, 4.69) is 13.8 Å². The zero-order valence-electron chi connectivity index (χ0n) is 26.7. The van der Waals surface area contributed by atoms with Crippen LogP contribution >= 0.6 is 0 Å². The molecule has 8 heteroatoms. The van der Waals surface area contributed by atoms with Crippen LogP contribution < -0.4 is 0 Å². The van der Waals surface area contributed by atoms with Crippen LogP contribution in [0.5, 0.6) is 11.5 Å². The average molecular weight is 642 g/mol. The minimum atomic E-state index is -1.51. The maximum Gasteiger partial charge on any atom is 0.336 e. The first kappa shape index (κ1) is 32.2. The van der Waals surface area contributed by atoms with Crippen LogP contribution in [0.2, 0.25) is 0 Å². The molecule has 6 rings (SSSR count). The number of hydrogen-bond acceptors (Lipinski definition) is 6. The van der Waals surface area contributed by atoms with Crippen LogP contribution in [-0.4, -0.2) is 50.4 Å². The minimum Gasteiger partial charge on any atom is -0.507 e. The Kier molecular flexibility index (Phi) is 8.82. The molecule has 0 aromatic heterocycles. The Bertz CT molecular complexity index is 2120. The Morgan fingerprint density at radius 3 is 1.67 bits per heavy atom. The number of rotatable bonds is 10. The minimum absolute atomic E-state index is 0.00958. The highest BCUT2D eigenvalue weighted by atomic mass is 16.4. The highest BCUT2D eigenvalue weighted by Crippen LogP contribution is 2.51. The van der Waals surface area contributed by atoms with Gasteiger partial charge in [0.1, 0.15) is 11.5 Å². The quantitative estimate of drug-likeness (QED) is 0.110. The molecule has 8 nitrogen and oxygen atoms in total. The predicted molar refractivity (Wildman–Crippen MR) is 186 cm³/mol. The maximum atomic E-state index is 14.4. The Morgan fingerprint density at radius 1 is 0.688 bits per heavy atom. The summed E-state index contributed by atoms with van der Waals surface area (Å²) in [7, 11) is 0. The zero-order valence-corrected chi connectivity index (χ0v) is 26.7. The number of carboxylic acid groups (broad SMARTS) is 2. The molecule has 1 aliphatic carbocycles. The molecular weight excluding hydrogens is 606 g/mol. The van der Waals surface area contributed by atoms with Crippen molar-refractivity contribution in [2.75, 3.05) is 6.54 Å². The summed E-state index contributed by atoms with van der Waals surface area (Å²) in [6, 6.07) is 24.5. The van der Waals surface area contributed by atoms with Crippen LogP contribution in [0, 0.1) is 5.92 Å². The topological polar surface area (TPSA) is 144 Å². The molecule has 0 saturated carbocycles. The van der Waals surface area contributed by atoms with E-state index >= 15 is 0 Å². The standard InChI is InChI=1S/C40H35NO7/c1-3-5-12-22(4-2)21-41-35-27-19-29(39(45)46)30(40(47)48)20-28(27)36(42)34-33(35)37(43)31-25(23-13-8-6-9-14-23)17-18-26(32(31)38(34)44)24-15-10-7-11-16-24/h6-11,13-20,22,43-44H,3-5,12,21H2,1-2H3,(H,45,46)(H,47,48). The normalized spacial score (nSPS) is 13.7. The molecule has 0 fully saturated rings. The number of carboxylic acids is 2. The second-order valence-electron chi connectivity index (χ2n) is 12.1. The first-order valence-corrected chi connectivity index (χ1v) is 16.1. The first-order valence-electron chi connectivity index (χ1n) is 16.1. The molecule has 5 aromatic carbocycles. The highest BCUT2D eigenvalue weighted by molar-refractivity contribution is 6.35. The Morgan fingerprint density at radius 2 is 1.19 bits per heavy atom. The molecule has 0 heterocycles. The molecule has 0 amide bonds. The van der Waals surface area contributed by atoms with Gasteiger partial charge in [-0.05, 0) is 46.7 Å². The molecule has 242 valence electrons. The zero-order chi connectivity index (χ0) is 34.1. The van der Waals surface area contributed by atoms with Crippen molar-refractivity contribution < 1.29 is 34.8 Å². The number of carbonyl (C=O) groups excluding carboxylic acids is 1. The third-order valence-electron chi connectivity index (χ3n) is 9.21. The van der Waals surface area contributed by atoms with Gasteiger partial charge in [0.25, 0.3) is 0 Å². The van der Waals surface area contributed by atoms with Gasteiger partial charge in [0, 0.05) is 28.4 Å². The van der Waals surface area contributed by atoms with Gasteiger partial charge >= 0.3 is 11.9 Å². The molecule has 0 bridgehead atoms. The van der Waals surface area contributed by atoms with Gasteiger partial charge in [-0.25, -0.2) is 9.59 Å². The van der Waals surface area contributed by atoms with Gasteiger partial charge in [-0.1, -0.05) is 106 Å². The molecule has 1 atom stereocenters. The van der Waals surface area contributed by atoms with Crippen molar-refractivity contribution in [3.63, 3.8) is 0 Å². The number of aromatic hydroxyl groups is 2. The summed E-state index contributed by atoms with van der Waals surface area (Å²) in [5, 5.41) is 45.0. The van der Waals surface area contributed by atoms with E-state index in [-0.39, 0.29) is 50.8 Å². The number of fused-ring (bicyclic) bond motifs is 3. The molecule has 5 aromatic rings. The fourth-order valence-corrected chi connectivity index (χ4v) is 6.66. The SMILES string of the molecule is CCCCC(CC)CN=C1c2cc(C(=O)O)c(C(=O)O)cc2C(=O)c2c1c(O)c1c(-c3ccccc3)ccc(-c3ccccc3)c1c2O. The van der Waals surface area contributed by atoms with E-state index in [4.69, 9.17) is 4.99 Å². The van der Waals surface area contributed by atoms with Crippen LogP contribution in [-0.2, 0) is 0 Å². The summed E-state index contributed by atoms with van der Waals surface area (Å²) in [5.41, 5.74) is 1.52. The monoisotopic (exact) mass is 641 g/mol. The van der Waals surface area contributed by atoms with Crippen LogP contribution in [0.4, 0.5) is 0 Å². The molecular formula is C40H35NO7. The maximum absolute atomic E-state index is 14.4. The van der Waals surface area contributed by atoms with Gasteiger partial charge in [0.2, 0.25) is 0 Å². The largest absolute Gasteiger partial charge is 0.507 e. The van der Waals surface area contributed by atoms with Gasteiger partial charge in [0.15, 0.2) is 5.78 Å². The summed E-state index contributed by atoms with van der Waals surface area (Å²) in [5.74, 6) is -4.23. The number of nitrogens with zero attached hydrogens (tertiary/aromatic N) is 1. The number of hydrogen-bond donors (Lipinski definition) is 4. The first-order chi connectivity index (χ1) is 23.2. The summed E-state index contributed by atoms with van der Waals surface area (Å²) in [4.78, 5) is 43.8.